The molecule has 0 atom stereocenters. The van der Waals surface area contributed by atoms with Crippen molar-refractivity contribution < 1.29 is 0 Å². The Kier molecular flexibility index (Phi) is 8.62. The van der Waals surface area contributed by atoms with Crippen molar-refractivity contribution >= 4 is 0 Å². The Hall–Kier alpha value is -1.60. The number of unbranched alkanes of at least 4 members (excludes halogenated alkanes) is 1. The fraction of sp³-hybridized carbons (Fsp3) is 0.478. The van der Waals surface area contributed by atoms with Gasteiger partial charge in [-0.2, -0.15) is 0 Å². The molecule has 0 bridgehead atoms. The van der Waals surface area contributed by atoms with E-state index in [2.05, 4.69) is 60.9 Å². The first-order valence-corrected chi connectivity index (χ1v) is 9.54. The number of rotatable bonds is 9. The van der Waals surface area contributed by atoms with E-state index in [1.165, 1.54) is 68.4 Å². The van der Waals surface area contributed by atoms with Gasteiger partial charge in [0.1, 0.15) is 0 Å². The van der Waals surface area contributed by atoms with E-state index in [0.29, 0.717) is 0 Å². The van der Waals surface area contributed by atoms with Crippen molar-refractivity contribution in [2.24, 2.45) is 0 Å². The molecule has 1 aromatic rings. The van der Waals surface area contributed by atoms with Gasteiger partial charge in [-0.05, 0) is 76.2 Å². The molecule has 24 heavy (non-hydrogen) atoms. The van der Waals surface area contributed by atoms with Crippen LogP contribution in [-0.4, -0.2) is 24.5 Å². The average molecular weight is 324 g/mol. The van der Waals surface area contributed by atoms with Crippen molar-refractivity contribution in [2.45, 2.75) is 51.9 Å². The number of nitrogens with zero attached hydrogens (tertiary/aromatic N) is 1. The van der Waals surface area contributed by atoms with E-state index in [1.807, 2.05) is 6.08 Å². The van der Waals surface area contributed by atoms with Gasteiger partial charge in [0.15, 0.2) is 0 Å². The van der Waals surface area contributed by atoms with Gasteiger partial charge in [-0.15, -0.1) is 0 Å². The van der Waals surface area contributed by atoms with Gasteiger partial charge in [-0.1, -0.05) is 67.1 Å². The van der Waals surface area contributed by atoms with Gasteiger partial charge < -0.3 is 4.90 Å². The van der Waals surface area contributed by atoms with E-state index in [-0.39, 0.29) is 0 Å². The van der Waals surface area contributed by atoms with Crippen LogP contribution in [0.3, 0.4) is 0 Å². The molecule has 1 aliphatic rings. The summed E-state index contributed by atoms with van der Waals surface area (Å²) in [5.41, 5.74) is 4.12. The third kappa shape index (κ3) is 7.31. The molecule has 1 saturated heterocycles. The third-order valence-corrected chi connectivity index (χ3v) is 4.74. The third-order valence-electron chi connectivity index (χ3n) is 4.74. The Morgan fingerprint density at radius 2 is 2.00 bits per heavy atom. The van der Waals surface area contributed by atoms with E-state index in [1.54, 1.807) is 0 Å². The summed E-state index contributed by atoms with van der Waals surface area (Å²) in [4.78, 5) is 2.63. The first-order chi connectivity index (χ1) is 11.8. The first-order valence-electron chi connectivity index (χ1n) is 9.54. The highest BCUT2D eigenvalue weighted by molar-refractivity contribution is 5.27. The number of hydrogen-bond donors (Lipinski definition) is 0. The van der Waals surface area contributed by atoms with Crippen LogP contribution in [0.15, 0.2) is 60.7 Å². The molecule has 130 valence electrons. The van der Waals surface area contributed by atoms with Crippen LogP contribution in [0.1, 0.15) is 49.7 Å². The molecule has 0 aliphatic carbocycles. The molecule has 2 rings (SSSR count). The van der Waals surface area contributed by atoms with E-state index in [0.717, 1.165) is 12.8 Å². The molecule has 0 unspecified atom stereocenters. The number of piperidine rings is 1. The minimum Gasteiger partial charge on any atom is -0.303 e. The molecule has 1 nitrogen and oxygen atoms in total. The Bertz CT molecular complexity index is 547. The SMILES string of the molecule is C=C/C=C(\C=C/Cc1cccc(C)c1)CCCCN1CCCCC1. The highest BCUT2D eigenvalue weighted by Gasteiger charge is 2.08. The van der Waals surface area contributed by atoms with Crippen LogP contribution >= 0.6 is 0 Å². The summed E-state index contributed by atoms with van der Waals surface area (Å²) in [6, 6.07) is 8.75. The lowest BCUT2D eigenvalue weighted by molar-refractivity contribution is 0.225. The van der Waals surface area contributed by atoms with Crippen LogP contribution in [0.5, 0.6) is 0 Å². The van der Waals surface area contributed by atoms with E-state index in [4.69, 9.17) is 0 Å². The van der Waals surface area contributed by atoms with E-state index >= 15 is 0 Å². The van der Waals surface area contributed by atoms with Crippen molar-refractivity contribution in [1.29, 1.82) is 0 Å². The number of aryl methyl sites for hydroxylation is 1. The zero-order chi connectivity index (χ0) is 17.0. The minimum absolute atomic E-state index is 1.00. The number of likely N-dealkylation sites (tertiary alicyclic amines) is 1. The smallest absolute Gasteiger partial charge is 0.00186 e. The first kappa shape index (κ1) is 18.7. The lowest BCUT2D eigenvalue weighted by Crippen LogP contribution is -2.30. The van der Waals surface area contributed by atoms with Crippen molar-refractivity contribution in [3.63, 3.8) is 0 Å². The van der Waals surface area contributed by atoms with Gasteiger partial charge in [-0.25, -0.2) is 0 Å². The zero-order valence-electron chi connectivity index (χ0n) is 15.3. The molecule has 0 radical (unpaired) electrons. The predicted molar refractivity (Wildman–Crippen MR) is 106 cm³/mol. The second-order valence-electron chi connectivity index (χ2n) is 6.93. The summed E-state index contributed by atoms with van der Waals surface area (Å²) in [6.07, 6.45) is 17.6. The quantitative estimate of drug-likeness (QED) is 0.406. The van der Waals surface area contributed by atoms with Gasteiger partial charge in [-0.3, -0.25) is 0 Å². The topological polar surface area (TPSA) is 3.24 Å². The molecule has 0 saturated carbocycles. The second kappa shape index (κ2) is 11.0. The van der Waals surface area contributed by atoms with Crippen molar-refractivity contribution in [2.75, 3.05) is 19.6 Å². The number of allylic oxidation sites excluding steroid dienone is 5. The maximum absolute atomic E-state index is 3.86. The predicted octanol–water partition coefficient (Wildman–Crippen LogP) is 5.86. The molecule has 1 aromatic carbocycles. The monoisotopic (exact) mass is 323 g/mol. The minimum atomic E-state index is 1.00. The summed E-state index contributed by atoms with van der Waals surface area (Å²) in [5, 5.41) is 0. The summed E-state index contributed by atoms with van der Waals surface area (Å²) < 4.78 is 0. The van der Waals surface area contributed by atoms with Crippen LogP contribution in [0.2, 0.25) is 0 Å². The molecule has 0 N–H and O–H groups in total. The van der Waals surface area contributed by atoms with Gasteiger partial charge in [0, 0.05) is 0 Å². The summed E-state index contributed by atoms with van der Waals surface area (Å²) in [7, 11) is 0. The Balaban J connectivity index is 1.71. The van der Waals surface area contributed by atoms with Gasteiger partial charge in [0.25, 0.3) is 0 Å². The fourth-order valence-corrected chi connectivity index (χ4v) is 3.41. The van der Waals surface area contributed by atoms with Crippen LogP contribution in [0.25, 0.3) is 0 Å². The molecule has 0 amide bonds. The lowest BCUT2D eigenvalue weighted by atomic mass is 10.0. The van der Waals surface area contributed by atoms with Crippen molar-refractivity contribution in [1.82, 2.24) is 4.90 Å². The molecule has 0 aromatic heterocycles. The summed E-state index contributed by atoms with van der Waals surface area (Å²) >= 11 is 0. The average Bonchev–Trinajstić information content (AvgIpc) is 2.59. The number of benzene rings is 1. The molecule has 0 spiro atoms. The molecule has 1 heterocycles. The van der Waals surface area contributed by atoms with Crippen molar-refractivity contribution in [3.05, 3.63) is 71.8 Å². The zero-order valence-corrected chi connectivity index (χ0v) is 15.3. The molecular formula is C23H33N. The van der Waals surface area contributed by atoms with Crippen LogP contribution < -0.4 is 0 Å². The largest absolute Gasteiger partial charge is 0.303 e. The van der Waals surface area contributed by atoms with Crippen LogP contribution in [-0.2, 0) is 6.42 Å². The molecule has 1 fully saturated rings. The summed E-state index contributed by atoms with van der Waals surface area (Å²) in [6.45, 7) is 9.91. The standard InChI is InChI=1S/C23H33N/c1-3-11-22(13-5-8-19-24-17-6-4-7-18-24)14-10-16-23-15-9-12-21(2)20-23/h3,9-12,14-15,20H,1,4-8,13,16-19H2,2H3/b14-10-,22-11-. The summed E-state index contributed by atoms with van der Waals surface area (Å²) in [5.74, 6) is 0. The lowest BCUT2D eigenvalue weighted by Gasteiger charge is -2.26. The van der Waals surface area contributed by atoms with Crippen LogP contribution in [0, 0.1) is 6.92 Å². The van der Waals surface area contributed by atoms with Crippen molar-refractivity contribution in [3.8, 4) is 0 Å². The Morgan fingerprint density at radius 3 is 2.75 bits per heavy atom. The van der Waals surface area contributed by atoms with E-state index in [9.17, 15) is 0 Å². The highest BCUT2D eigenvalue weighted by Crippen LogP contribution is 2.14. The van der Waals surface area contributed by atoms with Gasteiger partial charge in [0.05, 0.1) is 0 Å². The molecule has 1 aliphatic heterocycles. The Labute approximate surface area is 148 Å². The maximum Gasteiger partial charge on any atom is -0.00186 e. The molecule has 1 heteroatoms. The highest BCUT2D eigenvalue weighted by atomic mass is 15.1. The van der Waals surface area contributed by atoms with Crippen LogP contribution in [0.4, 0.5) is 0 Å². The Morgan fingerprint density at radius 1 is 1.17 bits per heavy atom. The van der Waals surface area contributed by atoms with E-state index < -0.39 is 0 Å². The normalized spacial score (nSPS) is 16.6. The number of hydrogen-bond acceptors (Lipinski definition) is 1. The van der Waals surface area contributed by atoms with Gasteiger partial charge in [0.2, 0.25) is 0 Å². The fourth-order valence-electron chi connectivity index (χ4n) is 3.41. The molecular weight excluding hydrogens is 290 g/mol. The van der Waals surface area contributed by atoms with Gasteiger partial charge >= 0.3 is 0 Å². The maximum atomic E-state index is 3.86. The second-order valence-corrected chi connectivity index (χ2v) is 6.93.